The third-order valence-corrected chi connectivity index (χ3v) is 1.58. The fraction of sp³-hybridized carbons (Fsp3) is 0.500. The highest BCUT2D eigenvalue weighted by Crippen LogP contribution is 2.02. The SMILES string of the molecule is CC(C)(C)NC(=O)CNc1cc(F)ncn1. The van der Waals surface area contributed by atoms with Crippen molar-refractivity contribution in [2.75, 3.05) is 11.9 Å². The average Bonchev–Trinajstić information content (AvgIpc) is 2.12. The van der Waals surface area contributed by atoms with Crippen molar-refractivity contribution in [3.8, 4) is 0 Å². The van der Waals surface area contributed by atoms with Gasteiger partial charge < -0.3 is 10.6 Å². The number of hydrogen-bond donors (Lipinski definition) is 2. The van der Waals surface area contributed by atoms with E-state index < -0.39 is 5.95 Å². The van der Waals surface area contributed by atoms with E-state index in [-0.39, 0.29) is 23.8 Å². The van der Waals surface area contributed by atoms with Gasteiger partial charge in [0.05, 0.1) is 6.54 Å². The smallest absolute Gasteiger partial charge is 0.239 e. The molecule has 0 aliphatic heterocycles. The molecular weight excluding hydrogens is 211 g/mol. The van der Waals surface area contributed by atoms with Gasteiger partial charge in [0, 0.05) is 11.6 Å². The van der Waals surface area contributed by atoms with Gasteiger partial charge in [0.1, 0.15) is 12.1 Å². The summed E-state index contributed by atoms with van der Waals surface area (Å²) in [7, 11) is 0. The molecule has 6 heteroatoms. The third kappa shape index (κ3) is 4.68. The number of carbonyl (C=O) groups is 1. The van der Waals surface area contributed by atoms with Gasteiger partial charge in [-0.25, -0.2) is 9.97 Å². The summed E-state index contributed by atoms with van der Waals surface area (Å²) in [6.45, 7) is 5.70. The van der Waals surface area contributed by atoms with Gasteiger partial charge in [-0.05, 0) is 20.8 Å². The summed E-state index contributed by atoms with van der Waals surface area (Å²) in [6.07, 6.45) is 1.10. The number of nitrogens with zero attached hydrogens (tertiary/aromatic N) is 2. The van der Waals surface area contributed by atoms with E-state index in [2.05, 4.69) is 20.6 Å². The van der Waals surface area contributed by atoms with Gasteiger partial charge >= 0.3 is 0 Å². The van der Waals surface area contributed by atoms with Gasteiger partial charge in [0.25, 0.3) is 0 Å². The Balaban J connectivity index is 2.43. The van der Waals surface area contributed by atoms with Gasteiger partial charge in [-0.2, -0.15) is 4.39 Å². The Kier molecular flexibility index (Phi) is 3.76. The average molecular weight is 226 g/mol. The molecule has 0 aliphatic carbocycles. The van der Waals surface area contributed by atoms with Crippen LogP contribution in [0.15, 0.2) is 12.4 Å². The third-order valence-electron chi connectivity index (χ3n) is 1.58. The highest BCUT2D eigenvalue weighted by molar-refractivity contribution is 5.80. The molecule has 0 spiro atoms. The Bertz CT molecular complexity index is 375. The number of nitrogens with one attached hydrogen (secondary N) is 2. The number of carbonyl (C=O) groups excluding carboxylic acids is 1. The first kappa shape index (κ1) is 12.4. The minimum Gasteiger partial charge on any atom is -0.361 e. The summed E-state index contributed by atoms with van der Waals surface area (Å²) >= 11 is 0. The summed E-state index contributed by atoms with van der Waals surface area (Å²) in [5.41, 5.74) is -0.282. The van der Waals surface area contributed by atoms with E-state index in [0.29, 0.717) is 0 Å². The molecule has 0 fully saturated rings. The van der Waals surface area contributed by atoms with E-state index in [1.165, 1.54) is 0 Å². The molecule has 1 amide bonds. The molecule has 1 aromatic rings. The molecule has 0 atom stereocenters. The molecule has 0 unspecified atom stereocenters. The fourth-order valence-corrected chi connectivity index (χ4v) is 1.06. The van der Waals surface area contributed by atoms with Gasteiger partial charge in [-0.3, -0.25) is 4.79 Å². The lowest BCUT2D eigenvalue weighted by atomic mass is 10.1. The molecule has 88 valence electrons. The largest absolute Gasteiger partial charge is 0.361 e. The summed E-state index contributed by atoms with van der Waals surface area (Å²) < 4.78 is 12.7. The van der Waals surface area contributed by atoms with Crippen LogP contribution < -0.4 is 10.6 Å². The number of amides is 1. The van der Waals surface area contributed by atoms with E-state index in [9.17, 15) is 9.18 Å². The molecule has 0 bridgehead atoms. The van der Waals surface area contributed by atoms with Crippen molar-refractivity contribution >= 4 is 11.7 Å². The van der Waals surface area contributed by atoms with Crippen LogP contribution in [0, 0.1) is 5.95 Å². The first-order valence-electron chi connectivity index (χ1n) is 4.89. The lowest BCUT2D eigenvalue weighted by Crippen LogP contribution is -2.43. The first-order chi connectivity index (χ1) is 7.37. The molecule has 2 N–H and O–H groups in total. The zero-order chi connectivity index (χ0) is 12.2. The first-order valence-corrected chi connectivity index (χ1v) is 4.89. The minimum absolute atomic E-state index is 0.0493. The van der Waals surface area contributed by atoms with Crippen LogP contribution in [0.5, 0.6) is 0 Å². The van der Waals surface area contributed by atoms with E-state index in [1.54, 1.807) is 0 Å². The van der Waals surface area contributed by atoms with Crippen molar-refractivity contribution in [2.45, 2.75) is 26.3 Å². The quantitative estimate of drug-likeness (QED) is 0.753. The van der Waals surface area contributed by atoms with Crippen molar-refractivity contribution in [1.82, 2.24) is 15.3 Å². The second-order valence-corrected chi connectivity index (χ2v) is 4.38. The summed E-state index contributed by atoms with van der Waals surface area (Å²) in [5.74, 6) is -0.517. The highest BCUT2D eigenvalue weighted by Gasteiger charge is 2.13. The molecule has 16 heavy (non-hydrogen) atoms. The van der Waals surface area contributed by atoms with Gasteiger partial charge in [0.2, 0.25) is 11.9 Å². The monoisotopic (exact) mass is 226 g/mol. The Labute approximate surface area is 93.5 Å². The molecule has 1 heterocycles. The number of rotatable bonds is 3. The van der Waals surface area contributed by atoms with E-state index in [1.807, 2.05) is 20.8 Å². The number of aromatic nitrogens is 2. The van der Waals surface area contributed by atoms with Crippen molar-refractivity contribution in [2.24, 2.45) is 0 Å². The van der Waals surface area contributed by atoms with Crippen molar-refractivity contribution in [3.05, 3.63) is 18.3 Å². The molecule has 0 saturated heterocycles. The predicted octanol–water partition coefficient (Wildman–Crippen LogP) is 0.942. The molecule has 0 aromatic carbocycles. The lowest BCUT2D eigenvalue weighted by molar-refractivity contribution is -0.120. The van der Waals surface area contributed by atoms with Crippen LogP contribution in [-0.2, 0) is 4.79 Å². The maximum absolute atomic E-state index is 12.7. The van der Waals surface area contributed by atoms with Gasteiger partial charge in [-0.15, -0.1) is 0 Å². The second kappa shape index (κ2) is 4.87. The Morgan fingerprint density at radius 3 is 2.69 bits per heavy atom. The second-order valence-electron chi connectivity index (χ2n) is 4.38. The van der Waals surface area contributed by atoms with E-state index in [0.717, 1.165) is 12.4 Å². The maximum Gasteiger partial charge on any atom is 0.239 e. The molecule has 5 nitrogen and oxygen atoms in total. The zero-order valence-corrected chi connectivity index (χ0v) is 9.54. The summed E-state index contributed by atoms with van der Waals surface area (Å²) in [5, 5.41) is 5.47. The number of anilines is 1. The van der Waals surface area contributed by atoms with Crippen molar-refractivity contribution in [1.29, 1.82) is 0 Å². The molecule has 0 aliphatic rings. The van der Waals surface area contributed by atoms with Crippen molar-refractivity contribution < 1.29 is 9.18 Å². The molecule has 0 radical (unpaired) electrons. The van der Waals surface area contributed by atoms with Crippen LogP contribution in [-0.4, -0.2) is 28.0 Å². The Morgan fingerprint density at radius 2 is 2.12 bits per heavy atom. The minimum atomic E-state index is -0.631. The molecular formula is C10H15FN4O. The zero-order valence-electron chi connectivity index (χ0n) is 9.54. The van der Waals surface area contributed by atoms with Crippen molar-refractivity contribution in [3.63, 3.8) is 0 Å². The fourth-order valence-electron chi connectivity index (χ4n) is 1.06. The maximum atomic E-state index is 12.7. The van der Waals surface area contributed by atoms with Crippen LogP contribution in [0.2, 0.25) is 0 Å². The highest BCUT2D eigenvalue weighted by atomic mass is 19.1. The lowest BCUT2D eigenvalue weighted by Gasteiger charge is -2.20. The molecule has 1 aromatic heterocycles. The van der Waals surface area contributed by atoms with Gasteiger partial charge in [0.15, 0.2) is 0 Å². The van der Waals surface area contributed by atoms with Crippen LogP contribution in [0.3, 0.4) is 0 Å². The Morgan fingerprint density at radius 1 is 1.44 bits per heavy atom. The number of halogens is 1. The predicted molar refractivity (Wildman–Crippen MR) is 58.4 cm³/mol. The van der Waals surface area contributed by atoms with Crippen LogP contribution in [0.1, 0.15) is 20.8 Å². The summed E-state index contributed by atoms with van der Waals surface area (Å²) in [6, 6.07) is 1.13. The topological polar surface area (TPSA) is 66.9 Å². The summed E-state index contributed by atoms with van der Waals surface area (Å²) in [4.78, 5) is 18.5. The normalized spacial score (nSPS) is 11.0. The van der Waals surface area contributed by atoms with E-state index in [4.69, 9.17) is 0 Å². The van der Waals surface area contributed by atoms with E-state index >= 15 is 0 Å². The molecule has 1 rings (SSSR count). The van der Waals surface area contributed by atoms with Gasteiger partial charge in [-0.1, -0.05) is 0 Å². The number of hydrogen-bond acceptors (Lipinski definition) is 4. The van der Waals surface area contributed by atoms with Crippen LogP contribution in [0.4, 0.5) is 10.2 Å². The van der Waals surface area contributed by atoms with Crippen LogP contribution >= 0.6 is 0 Å². The Hall–Kier alpha value is -1.72. The molecule has 0 saturated carbocycles. The standard InChI is InChI=1S/C10H15FN4O/c1-10(2,3)15-9(16)5-12-8-4-7(11)13-6-14-8/h4,6H,5H2,1-3H3,(H,15,16)(H,12,13,14). The van der Waals surface area contributed by atoms with Crippen LogP contribution in [0.25, 0.3) is 0 Å².